The van der Waals surface area contributed by atoms with Crippen LogP contribution in [0.1, 0.15) is 38.4 Å². The molecule has 0 radical (unpaired) electrons. The number of carbonyl (C=O) groups is 1. The van der Waals surface area contributed by atoms with E-state index >= 15 is 0 Å². The van der Waals surface area contributed by atoms with Crippen molar-refractivity contribution in [1.82, 2.24) is 9.78 Å². The van der Waals surface area contributed by atoms with Crippen LogP contribution in [-0.4, -0.2) is 22.9 Å². The average molecular weight is 380 g/mol. The predicted molar refractivity (Wildman–Crippen MR) is 103 cm³/mol. The smallest absolute Gasteiger partial charge is 0.337 e. The van der Waals surface area contributed by atoms with Gasteiger partial charge >= 0.3 is 5.97 Å². The van der Waals surface area contributed by atoms with Crippen LogP contribution in [0.2, 0.25) is 5.02 Å². The Kier molecular flexibility index (Phi) is 5.29. The van der Waals surface area contributed by atoms with Gasteiger partial charge in [-0.2, -0.15) is 10.4 Å². The third-order valence-electron chi connectivity index (χ3n) is 4.49. The molecule has 0 fully saturated rings. The van der Waals surface area contributed by atoms with Crippen LogP contribution in [0.5, 0.6) is 0 Å². The van der Waals surface area contributed by atoms with Crippen molar-refractivity contribution >= 4 is 17.6 Å². The maximum Gasteiger partial charge on any atom is 0.337 e. The fraction of sp³-hybridized carbons (Fsp3) is 0.190. The molecule has 0 aliphatic heterocycles. The molecule has 2 aromatic carbocycles. The summed E-state index contributed by atoms with van der Waals surface area (Å²) in [5, 5.41) is 14.1. The number of aromatic nitrogens is 2. The SMILES string of the molecule is COC(=O)c1cccc(Cc2c(C)nn(-c3ccc(C#N)c(Cl)c3)c2C)c1. The molecule has 0 bridgehead atoms. The van der Waals surface area contributed by atoms with Crippen LogP contribution in [-0.2, 0) is 11.2 Å². The molecule has 6 heteroatoms. The van der Waals surface area contributed by atoms with Crippen LogP contribution in [0.3, 0.4) is 0 Å². The van der Waals surface area contributed by atoms with E-state index in [0.717, 1.165) is 28.2 Å². The van der Waals surface area contributed by atoms with Gasteiger partial charge in [0.1, 0.15) is 6.07 Å². The lowest BCUT2D eigenvalue weighted by atomic mass is 10.0. The second-order valence-electron chi connectivity index (χ2n) is 6.21. The van der Waals surface area contributed by atoms with Crippen molar-refractivity contribution in [3.63, 3.8) is 0 Å². The molecule has 0 aliphatic rings. The fourth-order valence-corrected chi connectivity index (χ4v) is 3.26. The highest BCUT2D eigenvalue weighted by molar-refractivity contribution is 6.31. The van der Waals surface area contributed by atoms with Crippen LogP contribution in [0.25, 0.3) is 5.69 Å². The molecular formula is C21H18ClN3O2. The number of methoxy groups -OCH3 is 1. The van der Waals surface area contributed by atoms with E-state index in [0.29, 0.717) is 22.6 Å². The molecule has 1 aromatic heterocycles. The Balaban J connectivity index is 1.96. The summed E-state index contributed by atoms with van der Waals surface area (Å²) < 4.78 is 6.61. The molecule has 5 nitrogen and oxygen atoms in total. The van der Waals surface area contributed by atoms with E-state index in [1.807, 2.05) is 42.8 Å². The summed E-state index contributed by atoms with van der Waals surface area (Å²) in [7, 11) is 1.37. The number of hydrogen-bond donors (Lipinski definition) is 0. The average Bonchev–Trinajstić information content (AvgIpc) is 2.95. The summed E-state index contributed by atoms with van der Waals surface area (Å²) in [5.74, 6) is -0.354. The number of esters is 1. The zero-order valence-corrected chi connectivity index (χ0v) is 16.0. The van der Waals surface area contributed by atoms with Gasteiger partial charge in [0.25, 0.3) is 0 Å². The molecule has 0 saturated carbocycles. The molecular weight excluding hydrogens is 362 g/mol. The molecule has 0 spiro atoms. The zero-order valence-electron chi connectivity index (χ0n) is 15.3. The molecule has 0 aliphatic carbocycles. The van der Waals surface area contributed by atoms with Crippen LogP contribution >= 0.6 is 11.6 Å². The van der Waals surface area contributed by atoms with E-state index in [1.54, 1.807) is 18.2 Å². The molecule has 0 unspecified atom stereocenters. The van der Waals surface area contributed by atoms with Crippen LogP contribution in [0.15, 0.2) is 42.5 Å². The second-order valence-corrected chi connectivity index (χ2v) is 6.61. The standard InChI is InChI=1S/C21H18ClN3O2/c1-13-19(10-15-5-4-6-16(9-15)21(26)27-3)14(2)25(24-13)18-8-7-17(12-23)20(22)11-18/h4-9,11H,10H2,1-3H3. The van der Waals surface area contributed by atoms with Gasteiger partial charge in [0.2, 0.25) is 0 Å². The first kappa shape index (κ1) is 18.7. The highest BCUT2D eigenvalue weighted by Gasteiger charge is 2.15. The Morgan fingerprint density at radius 3 is 2.70 bits per heavy atom. The maximum absolute atomic E-state index is 11.8. The maximum atomic E-state index is 11.8. The van der Waals surface area contributed by atoms with Gasteiger partial charge in [0.05, 0.1) is 34.6 Å². The number of aryl methyl sites for hydroxylation is 1. The molecule has 27 heavy (non-hydrogen) atoms. The summed E-state index contributed by atoms with van der Waals surface area (Å²) in [4.78, 5) is 11.8. The predicted octanol–water partition coefficient (Wildman–Crippen LogP) is 4.39. The lowest BCUT2D eigenvalue weighted by Gasteiger charge is -2.08. The van der Waals surface area contributed by atoms with Gasteiger partial charge in [-0.15, -0.1) is 0 Å². The summed E-state index contributed by atoms with van der Waals surface area (Å²) in [6.45, 7) is 3.94. The van der Waals surface area contributed by atoms with E-state index in [4.69, 9.17) is 21.6 Å². The van der Waals surface area contributed by atoms with Crippen molar-refractivity contribution in [3.8, 4) is 11.8 Å². The van der Waals surface area contributed by atoms with Gasteiger partial charge in [-0.25, -0.2) is 9.48 Å². The van der Waals surface area contributed by atoms with Crippen molar-refractivity contribution in [3.05, 3.63) is 81.1 Å². The number of nitrogens with zero attached hydrogens (tertiary/aromatic N) is 3. The Hall–Kier alpha value is -3.10. The van der Waals surface area contributed by atoms with E-state index in [-0.39, 0.29) is 5.97 Å². The molecule has 0 N–H and O–H groups in total. The molecule has 1 heterocycles. The number of halogens is 1. The first-order valence-corrected chi connectivity index (χ1v) is 8.74. The molecule has 3 rings (SSSR count). The third kappa shape index (κ3) is 3.71. The zero-order chi connectivity index (χ0) is 19.6. The van der Waals surface area contributed by atoms with Crippen molar-refractivity contribution in [2.75, 3.05) is 7.11 Å². The third-order valence-corrected chi connectivity index (χ3v) is 4.80. The van der Waals surface area contributed by atoms with Gasteiger partial charge in [0, 0.05) is 17.7 Å². The summed E-state index contributed by atoms with van der Waals surface area (Å²) >= 11 is 6.16. The van der Waals surface area contributed by atoms with Gasteiger partial charge in [-0.05, 0) is 49.7 Å². The molecule has 0 saturated heterocycles. The Bertz CT molecular complexity index is 1060. The second kappa shape index (κ2) is 7.65. The van der Waals surface area contributed by atoms with E-state index in [1.165, 1.54) is 7.11 Å². The van der Waals surface area contributed by atoms with Crippen molar-refractivity contribution < 1.29 is 9.53 Å². The van der Waals surface area contributed by atoms with Gasteiger partial charge < -0.3 is 4.74 Å². The largest absolute Gasteiger partial charge is 0.465 e. The van der Waals surface area contributed by atoms with Crippen LogP contribution in [0, 0.1) is 25.2 Å². The Morgan fingerprint density at radius 1 is 1.26 bits per heavy atom. The van der Waals surface area contributed by atoms with E-state index < -0.39 is 0 Å². The van der Waals surface area contributed by atoms with Gasteiger partial charge in [-0.3, -0.25) is 0 Å². The highest BCUT2D eigenvalue weighted by atomic mass is 35.5. The number of benzene rings is 2. The number of ether oxygens (including phenoxy) is 1. The molecule has 0 amide bonds. The number of carbonyl (C=O) groups excluding carboxylic acids is 1. The normalized spacial score (nSPS) is 10.5. The molecule has 0 atom stereocenters. The first-order chi connectivity index (χ1) is 12.9. The minimum atomic E-state index is -0.354. The van der Waals surface area contributed by atoms with Crippen LogP contribution < -0.4 is 0 Å². The monoisotopic (exact) mass is 379 g/mol. The van der Waals surface area contributed by atoms with Crippen molar-refractivity contribution in [2.45, 2.75) is 20.3 Å². The fourth-order valence-electron chi connectivity index (χ4n) is 3.04. The lowest BCUT2D eigenvalue weighted by Crippen LogP contribution is -2.02. The van der Waals surface area contributed by atoms with E-state index in [9.17, 15) is 4.79 Å². The Morgan fingerprint density at radius 2 is 2.04 bits per heavy atom. The topological polar surface area (TPSA) is 67.9 Å². The summed E-state index contributed by atoms with van der Waals surface area (Å²) in [5.41, 5.74) is 5.72. The van der Waals surface area contributed by atoms with E-state index in [2.05, 4.69) is 11.2 Å². The molecule has 136 valence electrons. The van der Waals surface area contributed by atoms with Crippen molar-refractivity contribution in [2.24, 2.45) is 0 Å². The minimum absolute atomic E-state index is 0.354. The van der Waals surface area contributed by atoms with Gasteiger partial charge in [-0.1, -0.05) is 23.7 Å². The first-order valence-electron chi connectivity index (χ1n) is 8.37. The quantitative estimate of drug-likeness (QED) is 0.630. The highest BCUT2D eigenvalue weighted by Crippen LogP contribution is 2.24. The lowest BCUT2D eigenvalue weighted by molar-refractivity contribution is 0.0600. The number of nitriles is 1. The van der Waals surface area contributed by atoms with Crippen LogP contribution in [0.4, 0.5) is 0 Å². The number of rotatable bonds is 4. The van der Waals surface area contributed by atoms with Gasteiger partial charge in [0.15, 0.2) is 0 Å². The van der Waals surface area contributed by atoms with Crippen molar-refractivity contribution in [1.29, 1.82) is 5.26 Å². The summed E-state index contributed by atoms with van der Waals surface area (Å²) in [6.07, 6.45) is 0.645. The summed E-state index contributed by atoms with van der Waals surface area (Å²) in [6, 6.07) is 14.7. The number of hydrogen-bond acceptors (Lipinski definition) is 4. The Labute approximate surface area is 162 Å². The minimum Gasteiger partial charge on any atom is -0.465 e. The molecule has 3 aromatic rings.